The van der Waals surface area contributed by atoms with Crippen molar-refractivity contribution in [3.63, 3.8) is 0 Å². The highest BCUT2D eigenvalue weighted by molar-refractivity contribution is 9.10. The Morgan fingerprint density at radius 1 is 0.857 bits per heavy atom. The van der Waals surface area contributed by atoms with E-state index in [9.17, 15) is 14.4 Å². The normalized spacial score (nSPS) is 18.6. The molecule has 1 aliphatic heterocycles. The predicted octanol–water partition coefficient (Wildman–Crippen LogP) is 9.06. The Morgan fingerprint density at radius 2 is 1.45 bits per heavy atom. The zero-order valence-electron chi connectivity index (χ0n) is 29.2. The maximum Gasteiger partial charge on any atom is 0.262 e. The monoisotopic (exact) mass is 724 g/mol. The molecule has 2 aliphatic carbocycles. The van der Waals surface area contributed by atoms with Gasteiger partial charge in [-0.25, -0.2) is 0 Å². The van der Waals surface area contributed by atoms with E-state index >= 15 is 0 Å². The van der Waals surface area contributed by atoms with E-state index in [1.54, 1.807) is 0 Å². The second-order valence-electron chi connectivity index (χ2n) is 15.0. The van der Waals surface area contributed by atoms with Gasteiger partial charge >= 0.3 is 0 Å². The van der Waals surface area contributed by atoms with Gasteiger partial charge < -0.3 is 19.7 Å². The van der Waals surface area contributed by atoms with Gasteiger partial charge in [-0.05, 0) is 88.3 Å². The fourth-order valence-electron chi connectivity index (χ4n) is 7.53. The third-order valence-electron chi connectivity index (χ3n) is 9.64. The number of Topliss-reactive ketones (excluding diaryl/α,β-unsaturated/α-hetero) is 2. The fraction of sp³-hybridized carbons (Fsp3) is 0.390. The van der Waals surface area contributed by atoms with Gasteiger partial charge in [-0.3, -0.25) is 14.4 Å². The number of hydrogen-bond acceptors (Lipinski definition) is 6. The van der Waals surface area contributed by atoms with E-state index in [2.05, 4.69) is 66.0 Å². The molecule has 6 rings (SSSR count). The highest BCUT2D eigenvalue weighted by Crippen LogP contribution is 2.55. The minimum atomic E-state index is -0.543. The first-order chi connectivity index (χ1) is 23.3. The third kappa shape index (κ3) is 7.25. The molecule has 7 nitrogen and oxygen atoms in total. The standard InChI is InChI=1S/C41H45BrN2O5/c1-7-48-34-18-27(17-28(42)39(34)49-24-35(47)43-29-16-12-11-13-25(29)2)36-37-30(19-40(3,4)21-32(37)45)44(23-26-14-9-8-10-15-26)31-20-41(5,6)22-33(46)38(31)36/h8-18,36H,7,19-24H2,1-6H3,(H,43,47). The summed E-state index contributed by atoms with van der Waals surface area (Å²) in [5.41, 5.74) is 6.53. The van der Waals surface area contributed by atoms with Gasteiger partial charge in [-0.1, -0.05) is 76.2 Å². The number of halogens is 1. The van der Waals surface area contributed by atoms with Crippen LogP contribution >= 0.6 is 15.9 Å². The first kappa shape index (κ1) is 34.7. The first-order valence-corrected chi connectivity index (χ1v) is 17.8. The lowest BCUT2D eigenvalue weighted by Gasteiger charge is -2.49. The van der Waals surface area contributed by atoms with Crippen molar-refractivity contribution in [2.24, 2.45) is 10.8 Å². The number of nitrogens with zero attached hydrogens (tertiary/aromatic N) is 1. The molecule has 49 heavy (non-hydrogen) atoms. The lowest BCUT2D eigenvalue weighted by atomic mass is 9.63. The van der Waals surface area contributed by atoms with Crippen molar-refractivity contribution in [3.05, 3.63) is 110 Å². The molecule has 256 valence electrons. The van der Waals surface area contributed by atoms with Crippen LogP contribution in [0.1, 0.15) is 82.9 Å². The number of hydrogen-bond donors (Lipinski definition) is 1. The summed E-state index contributed by atoms with van der Waals surface area (Å²) in [5.74, 6) is 0.134. The molecule has 0 spiro atoms. The smallest absolute Gasteiger partial charge is 0.262 e. The van der Waals surface area contributed by atoms with E-state index in [0.29, 0.717) is 53.1 Å². The Hall–Kier alpha value is -4.17. The number of ketones is 2. The molecule has 1 N–H and O–H groups in total. The summed E-state index contributed by atoms with van der Waals surface area (Å²) in [7, 11) is 0. The fourth-order valence-corrected chi connectivity index (χ4v) is 8.11. The van der Waals surface area contributed by atoms with Gasteiger partial charge in [0.2, 0.25) is 0 Å². The Kier molecular flexibility index (Phi) is 9.64. The van der Waals surface area contributed by atoms with E-state index in [4.69, 9.17) is 9.47 Å². The van der Waals surface area contributed by atoms with Gasteiger partial charge in [0.1, 0.15) is 0 Å². The molecular weight excluding hydrogens is 680 g/mol. The van der Waals surface area contributed by atoms with Crippen molar-refractivity contribution in [1.82, 2.24) is 4.90 Å². The van der Waals surface area contributed by atoms with Crippen molar-refractivity contribution < 1.29 is 23.9 Å². The molecule has 1 amide bonds. The van der Waals surface area contributed by atoms with Crippen LogP contribution in [0.3, 0.4) is 0 Å². The molecule has 8 heteroatoms. The van der Waals surface area contributed by atoms with Crippen molar-refractivity contribution in [2.45, 2.75) is 79.7 Å². The van der Waals surface area contributed by atoms with E-state index < -0.39 is 5.92 Å². The zero-order chi connectivity index (χ0) is 35.1. The average molecular weight is 726 g/mol. The van der Waals surface area contributed by atoms with E-state index in [0.717, 1.165) is 46.6 Å². The highest BCUT2D eigenvalue weighted by Gasteiger charge is 2.49. The molecule has 3 aromatic rings. The number of carbonyl (C=O) groups is 3. The van der Waals surface area contributed by atoms with Gasteiger partial charge in [-0.15, -0.1) is 0 Å². The number of aryl methyl sites for hydroxylation is 1. The van der Waals surface area contributed by atoms with E-state index in [1.165, 1.54) is 0 Å². The molecule has 3 aliphatic rings. The van der Waals surface area contributed by atoms with Crippen LogP contribution in [0.2, 0.25) is 0 Å². The minimum Gasteiger partial charge on any atom is -0.490 e. The second-order valence-corrected chi connectivity index (χ2v) is 15.9. The topological polar surface area (TPSA) is 84.9 Å². The van der Waals surface area contributed by atoms with Crippen LogP contribution < -0.4 is 14.8 Å². The summed E-state index contributed by atoms with van der Waals surface area (Å²) in [6.07, 6.45) is 2.25. The molecule has 0 radical (unpaired) electrons. The molecular formula is C41H45BrN2O5. The minimum absolute atomic E-state index is 0.0702. The number of ether oxygens (including phenoxy) is 2. The summed E-state index contributed by atoms with van der Waals surface area (Å²) in [6.45, 7) is 13.1. The lowest BCUT2D eigenvalue weighted by Crippen LogP contribution is -2.44. The summed E-state index contributed by atoms with van der Waals surface area (Å²) in [6, 6.07) is 21.6. The average Bonchev–Trinajstić information content (AvgIpc) is 3.02. The molecule has 1 heterocycles. The lowest BCUT2D eigenvalue weighted by molar-refractivity contribution is -0.120. The number of para-hydroxylation sites is 1. The molecule has 0 saturated heterocycles. The number of carbonyl (C=O) groups excluding carboxylic acids is 3. The van der Waals surface area contributed by atoms with Crippen LogP contribution in [-0.4, -0.2) is 35.6 Å². The van der Waals surface area contributed by atoms with Crippen molar-refractivity contribution in [2.75, 3.05) is 18.5 Å². The number of benzene rings is 3. The predicted molar refractivity (Wildman–Crippen MR) is 195 cm³/mol. The third-order valence-corrected chi connectivity index (χ3v) is 10.2. The first-order valence-electron chi connectivity index (χ1n) is 17.1. The van der Waals surface area contributed by atoms with Crippen LogP contribution in [0.4, 0.5) is 5.69 Å². The summed E-state index contributed by atoms with van der Waals surface area (Å²) in [5, 5.41) is 2.91. The highest BCUT2D eigenvalue weighted by atomic mass is 79.9. The molecule has 0 unspecified atom stereocenters. The maximum absolute atomic E-state index is 14.3. The van der Waals surface area contributed by atoms with Crippen molar-refractivity contribution >= 4 is 39.1 Å². The van der Waals surface area contributed by atoms with Crippen LogP contribution in [0.5, 0.6) is 11.5 Å². The van der Waals surface area contributed by atoms with Crippen LogP contribution in [-0.2, 0) is 20.9 Å². The SMILES string of the molecule is CCOc1cc(C2C3=C(CC(C)(C)CC3=O)N(Cc3ccccc3)C3=C2C(=O)CC(C)(C)C3)cc(Br)c1OCC(=O)Nc1ccccc1C. The van der Waals surface area contributed by atoms with Crippen LogP contribution in [0.15, 0.2) is 93.7 Å². The van der Waals surface area contributed by atoms with Crippen LogP contribution in [0.25, 0.3) is 0 Å². The maximum atomic E-state index is 14.3. The van der Waals surface area contributed by atoms with Gasteiger partial charge in [0.15, 0.2) is 29.7 Å². The zero-order valence-corrected chi connectivity index (χ0v) is 30.8. The van der Waals surface area contributed by atoms with Crippen molar-refractivity contribution in [3.8, 4) is 11.5 Å². The quantitative estimate of drug-likeness (QED) is 0.237. The van der Waals surface area contributed by atoms with Crippen molar-refractivity contribution in [1.29, 1.82) is 0 Å². The molecule has 0 saturated carbocycles. The number of nitrogens with one attached hydrogen (secondary N) is 1. The molecule has 0 atom stereocenters. The molecule has 3 aromatic carbocycles. The Morgan fingerprint density at radius 3 is 2.04 bits per heavy atom. The summed E-state index contributed by atoms with van der Waals surface area (Å²) in [4.78, 5) is 43.8. The summed E-state index contributed by atoms with van der Waals surface area (Å²) < 4.78 is 12.8. The van der Waals surface area contributed by atoms with Gasteiger partial charge in [-0.2, -0.15) is 0 Å². The molecule has 0 aromatic heterocycles. The Balaban J connectivity index is 1.44. The van der Waals surface area contributed by atoms with Gasteiger partial charge in [0.05, 0.1) is 11.1 Å². The second kappa shape index (κ2) is 13.6. The van der Waals surface area contributed by atoms with Gasteiger partial charge in [0.25, 0.3) is 5.91 Å². The molecule has 0 fully saturated rings. The summed E-state index contributed by atoms with van der Waals surface area (Å²) >= 11 is 3.71. The Bertz CT molecular complexity index is 1820. The Labute approximate surface area is 297 Å². The van der Waals surface area contributed by atoms with Gasteiger partial charge in [0, 0.05) is 53.5 Å². The van der Waals surface area contributed by atoms with Crippen LogP contribution in [0, 0.1) is 17.8 Å². The number of amides is 1. The number of anilines is 1. The number of rotatable bonds is 9. The molecule has 0 bridgehead atoms. The van der Waals surface area contributed by atoms with E-state index in [-0.39, 0.29) is 34.9 Å². The number of allylic oxidation sites excluding steroid dienone is 4. The van der Waals surface area contributed by atoms with E-state index in [1.807, 2.05) is 68.4 Å². The largest absolute Gasteiger partial charge is 0.490 e.